The highest BCUT2D eigenvalue weighted by Crippen LogP contribution is 2.16. The summed E-state index contributed by atoms with van der Waals surface area (Å²) in [6, 6.07) is 6.50. The highest BCUT2D eigenvalue weighted by Gasteiger charge is 2.14. The molecule has 1 aliphatic rings. The Balaban J connectivity index is 1.80. The van der Waals surface area contributed by atoms with Crippen molar-refractivity contribution < 1.29 is 13.2 Å². The number of ether oxygens (including phenoxy) is 1. The Kier molecular flexibility index (Phi) is 5.98. The van der Waals surface area contributed by atoms with Gasteiger partial charge in [-0.15, -0.1) is 0 Å². The Morgan fingerprint density at radius 2 is 2.10 bits per heavy atom. The fourth-order valence-corrected chi connectivity index (χ4v) is 3.40. The third-order valence-electron chi connectivity index (χ3n) is 3.50. The van der Waals surface area contributed by atoms with Crippen molar-refractivity contribution in [2.24, 2.45) is 0 Å². The van der Waals surface area contributed by atoms with Gasteiger partial charge in [0.15, 0.2) is 0 Å². The van der Waals surface area contributed by atoms with Crippen LogP contribution < -0.4 is 14.8 Å². The summed E-state index contributed by atoms with van der Waals surface area (Å²) < 4.78 is 32.0. The van der Waals surface area contributed by atoms with E-state index in [0.29, 0.717) is 12.3 Å². The normalized spacial score (nSPS) is 16.8. The maximum Gasteiger partial charge on any atom is 0.240 e. The van der Waals surface area contributed by atoms with Crippen molar-refractivity contribution in [2.75, 3.05) is 46.4 Å². The van der Waals surface area contributed by atoms with Crippen molar-refractivity contribution in [1.29, 1.82) is 0 Å². The lowest BCUT2D eigenvalue weighted by Crippen LogP contribution is -2.44. The molecule has 0 aromatic heterocycles. The van der Waals surface area contributed by atoms with Gasteiger partial charge in [0.25, 0.3) is 0 Å². The number of sulfonamides is 1. The molecule has 0 radical (unpaired) electrons. The molecule has 0 unspecified atom stereocenters. The summed E-state index contributed by atoms with van der Waals surface area (Å²) >= 11 is 0. The first-order valence-electron chi connectivity index (χ1n) is 7.18. The second kappa shape index (κ2) is 7.74. The molecule has 1 heterocycles. The molecule has 0 amide bonds. The number of nitrogens with zero attached hydrogens (tertiary/aromatic N) is 1. The van der Waals surface area contributed by atoms with E-state index in [1.807, 2.05) is 0 Å². The summed E-state index contributed by atoms with van der Waals surface area (Å²) in [5, 5.41) is 3.30. The van der Waals surface area contributed by atoms with Gasteiger partial charge in [0.2, 0.25) is 10.0 Å². The lowest BCUT2D eigenvalue weighted by Gasteiger charge is -2.27. The summed E-state index contributed by atoms with van der Waals surface area (Å²) in [6.45, 7) is 5.45. The fraction of sp³-hybridized carbons (Fsp3) is 0.571. The molecule has 118 valence electrons. The topological polar surface area (TPSA) is 70.7 Å². The van der Waals surface area contributed by atoms with Crippen molar-refractivity contribution in [2.45, 2.75) is 11.3 Å². The Labute approximate surface area is 126 Å². The van der Waals surface area contributed by atoms with Gasteiger partial charge in [-0.1, -0.05) is 6.07 Å². The number of rotatable bonds is 7. The molecular weight excluding hydrogens is 290 g/mol. The van der Waals surface area contributed by atoms with Gasteiger partial charge in [0.05, 0.1) is 12.0 Å². The Morgan fingerprint density at radius 1 is 1.33 bits per heavy atom. The minimum Gasteiger partial charge on any atom is -0.497 e. The zero-order valence-corrected chi connectivity index (χ0v) is 13.2. The highest BCUT2D eigenvalue weighted by molar-refractivity contribution is 7.89. The minimum absolute atomic E-state index is 0.240. The fourth-order valence-electron chi connectivity index (χ4n) is 2.30. The van der Waals surface area contributed by atoms with Crippen LogP contribution in [0.4, 0.5) is 0 Å². The van der Waals surface area contributed by atoms with Crippen LogP contribution in [0.2, 0.25) is 0 Å². The second-order valence-electron chi connectivity index (χ2n) is 5.02. The molecular formula is C14H23N3O3S. The van der Waals surface area contributed by atoms with Gasteiger partial charge in [-0.2, -0.15) is 0 Å². The first-order chi connectivity index (χ1) is 10.1. The highest BCUT2D eigenvalue weighted by atomic mass is 32.2. The maximum atomic E-state index is 12.2. The molecule has 0 spiro atoms. The van der Waals surface area contributed by atoms with Crippen molar-refractivity contribution in [3.63, 3.8) is 0 Å². The van der Waals surface area contributed by atoms with Gasteiger partial charge in [-0.05, 0) is 25.1 Å². The molecule has 21 heavy (non-hydrogen) atoms. The molecule has 1 saturated heterocycles. The van der Waals surface area contributed by atoms with E-state index in [1.54, 1.807) is 18.2 Å². The Morgan fingerprint density at radius 3 is 2.81 bits per heavy atom. The summed E-state index contributed by atoms with van der Waals surface area (Å²) in [5.41, 5.74) is 0. The standard InChI is InChI=1S/C14H23N3O3S/c1-20-13-4-2-5-14(12-13)21(18,19)16-6-3-9-17-10-7-15-8-11-17/h2,4-5,12,15-16H,3,6-11H2,1H3. The molecule has 6 nitrogen and oxygen atoms in total. The number of piperazine rings is 1. The van der Waals surface area contributed by atoms with E-state index in [4.69, 9.17) is 4.74 Å². The average molecular weight is 313 g/mol. The van der Waals surface area contributed by atoms with Crippen molar-refractivity contribution in [1.82, 2.24) is 14.9 Å². The van der Waals surface area contributed by atoms with Crippen LogP contribution in [0, 0.1) is 0 Å². The predicted molar refractivity (Wildman–Crippen MR) is 82.1 cm³/mol. The van der Waals surface area contributed by atoms with Crippen molar-refractivity contribution in [3.05, 3.63) is 24.3 Å². The molecule has 7 heteroatoms. The van der Waals surface area contributed by atoms with E-state index in [-0.39, 0.29) is 4.90 Å². The number of nitrogens with one attached hydrogen (secondary N) is 2. The molecule has 1 aromatic rings. The van der Waals surface area contributed by atoms with E-state index in [1.165, 1.54) is 13.2 Å². The maximum absolute atomic E-state index is 12.2. The smallest absolute Gasteiger partial charge is 0.240 e. The molecule has 0 saturated carbocycles. The molecule has 2 N–H and O–H groups in total. The van der Waals surface area contributed by atoms with Gasteiger partial charge in [0, 0.05) is 38.8 Å². The van der Waals surface area contributed by atoms with E-state index in [2.05, 4.69) is 14.9 Å². The summed E-state index contributed by atoms with van der Waals surface area (Å²) in [5.74, 6) is 0.540. The van der Waals surface area contributed by atoms with Gasteiger partial charge in [-0.25, -0.2) is 13.1 Å². The molecule has 0 bridgehead atoms. The van der Waals surface area contributed by atoms with Gasteiger partial charge in [-0.3, -0.25) is 0 Å². The summed E-state index contributed by atoms with van der Waals surface area (Å²) in [7, 11) is -1.94. The van der Waals surface area contributed by atoms with Crippen LogP contribution in [-0.2, 0) is 10.0 Å². The molecule has 1 aliphatic heterocycles. The SMILES string of the molecule is COc1cccc(S(=O)(=O)NCCCN2CCNCC2)c1. The number of hydrogen-bond donors (Lipinski definition) is 2. The largest absolute Gasteiger partial charge is 0.497 e. The van der Waals surface area contributed by atoms with Crippen LogP contribution in [0.15, 0.2) is 29.2 Å². The third-order valence-corrected chi connectivity index (χ3v) is 4.96. The molecule has 1 aromatic carbocycles. The Bertz CT molecular complexity index is 542. The van der Waals surface area contributed by atoms with Crippen molar-refractivity contribution >= 4 is 10.0 Å². The van der Waals surface area contributed by atoms with Crippen LogP contribution in [0.3, 0.4) is 0 Å². The lowest BCUT2D eigenvalue weighted by molar-refractivity contribution is 0.239. The summed E-state index contributed by atoms with van der Waals surface area (Å²) in [4.78, 5) is 2.58. The zero-order chi connectivity index (χ0) is 15.1. The minimum atomic E-state index is -3.46. The number of methoxy groups -OCH3 is 1. The average Bonchev–Trinajstić information content (AvgIpc) is 2.53. The molecule has 0 atom stereocenters. The van der Waals surface area contributed by atoms with Crippen LogP contribution in [0.25, 0.3) is 0 Å². The van der Waals surface area contributed by atoms with E-state index in [0.717, 1.165) is 39.1 Å². The van der Waals surface area contributed by atoms with E-state index in [9.17, 15) is 8.42 Å². The van der Waals surface area contributed by atoms with Crippen LogP contribution >= 0.6 is 0 Å². The zero-order valence-electron chi connectivity index (χ0n) is 12.3. The second-order valence-corrected chi connectivity index (χ2v) is 6.79. The third kappa shape index (κ3) is 4.96. The monoisotopic (exact) mass is 313 g/mol. The number of benzene rings is 1. The number of hydrogen-bond acceptors (Lipinski definition) is 5. The predicted octanol–water partition coefficient (Wildman–Crippen LogP) is 0.269. The first-order valence-corrected chi connectivity index (χ1v) is 8.67. The summed E-state index contributed by atoms with van der Waals surface area (Å²) in [6.07, 6.45) is 0.809. The first kappa shape index (κ1) is 16.2. The van der Waals surface area contributed by atoms with Gasteiger partial charge in [0.1, 0.15) is 5.75 Å². The quantitative estimate of drug-likeness (QED) is 0.707. The van der Waals surface area contributed by atoms with Crippen LogP contribution in [-0.4, -0.2) is 59.7 Å². The van der Waals surface area contributed by atoms with Gasteiger partial charge < -0.3 is 15.0 Å². The lowest BCUT2D eigenvalue weighted by atomic mass is 10.3. The Hall–Kier alpha value is -1.15. The van der Waals surface area contributed by atoms with Crippen LogP contribution in [0.1, 0.15) is 6.42 Å². The van der Waals surface area contributed by atoms with E-state index < -0.39 is 10.0 Å². The van der Waals surface area contributed by atoms with E-state index >= 15 is 0 Å². The molecule has 1 fully saturated rings. The van der Waals surface area contributed by atoms with Crippen LogP contribution in [0.5, 0.6) is 5.75 Å². The molecule has 2 rings (SSSR count). The molecule has 0 aliphatic carbocycles. The van der Waals surface area contributed by atoms with Gasteiger partial charge >= 0.3 is 0 Å². The van der Waals surface area contributed by atoms with Crippen molar-refractivity contribution in [3.8, 4) is 5.75 Å².